The summed E-state index contributed by atoms with van der Waals surface area (Å²) in [6, 6.07) is 0.572. The highest BCUT2D eigenvalue weighted by Crippen LogP contribution is 2.15. The number of hydrogen-bond acceptors (Lipinski definition) is 2. The minimum Gasteiger partial charge on any atom is -0.338 e. The van der Waals surface area contributed by atoms with Crippen molar-refractivity contribution in [3.05, 3.63) is 18.2 Å². The number of aryl methyl sites for hydroxylation is 1. The highest BCUT2D eigenvalue weighted by molar-refractivity contribution is 4.93. The Morgan fingerprint density at radius 1 is 1.25 bits per heavy atom. The molecular formula is C13H25N3. The van der Waals surface area contributed by atoms with E-state index in [-0.39, 0.29) is 0 Å². The summed E-state index contributed by atoms with van der Waals surface area (Å²) in [4.78, 5) is 4.38. The van der Waals surface area contributed by atoms with Gasteiger partial charge in [-0.05, 0) is 18.4 Å². The third kappa shape index (κ3) is 3.97. The molecule has 0 aliphatic heterocycles. The quantitative estimate of drug-likeness (QED) is 0.801. The van der Waals surface area contributed by atoms with Crippen molar-refractivity contribution in [2.75, 3.05) is 6.54 Å². The molecule has 0 spiro atoms. The molecule has 0 fully saturated rings. The first-order chi connectivity index (χ1) is 7.50. The van der Waals surface area contributed by atoms with Gasteiger partial charge in [0.15, 0.2) is 0 Å². The molecule has 0 amide bonds. The maximum Gasteiger partial charge on any atom is 0.108 e. The Morgan fingerprint density at radius 3 is 2.44 bits per heavy atom. The Hall–Kier alpha value is -0.830. The number of hydrogen-bond donors (Lipinski definition) is 1. The average Bonchev–Trinajstić information content (AvgIpc) is 2.60. The normalized spacial score (nSPS) is 15.4. The van der Waals surface area contributed by atoms with E-state index in [9.17, 15) is 0 Å². The predicted octanol–water partition coefficient (Wildman–Crippen LogP) is 2.23. The molecule has 3 nitrogen and oxygen atoms in total. The van der Waals surface area contributed by atoms with Gasteiger partial charge in [-0.25, -0.2) is 4.98 Å². The minimum atomic E-state index is 0.572. The molecule has 16 heavy (non-hydrogen) atoms. The van der Waals surface area contributed by atoms with E-state index in [4.69, 9.17) is 0 Å². The lowest BCUT2D eigenvalue weighted by Gasteiger charge is -2.21. The van der Waals surface area contributed by atoms with Crippen molar-refractivity contribution >= 4 is 0 Å². The van der Waals surface area contributed by atoms with Crippen molar-refractivity contribution < 1.29 is 0 Å². The second kappa shape index (κ2) is 6.04. The topological polar surface area (TPSA) is 29.9 Å². The van der Waals surface area contributed by atoms with Crippen molar-refractivity contribution in [3.63, 3.8) is 0 Å². The van der Waals surface area contributed by atoms with Crippen molar-refractivity contribution in [2.45, 2.75) is 40.2 Å². The van der Waals surface area contributed by atoms with Gasteiger partial charge in [-0.3, -0.25) is 0 Å². The Balaban J connectivity index is 2.40. The lowest BCUT2D eigenvalue weighted by molar-refractivity contribution is 0.347. The van der Waals surface area contributed by atoms with Crippen LogP contribution in [0.25, 0.3) is 0 Å². The van der Waals surface area contributed by atoms with E-state index < -0.39 is 0 Å². The lowest BCUT2D eigenvalue weighted by Crippen LogP contribution is -2.31. The molecule has 0 saturated heterocycles. The molecule has 2 unspecified atom stereocenters. The monoisotopic (exact) mass is 223 g/mol. The van der Waals surface area contributed by atoms with Crippen LogP contribution in [0.2, 0.25) is 0 Å². The first kappa shape index (κ1) is 13.2. The molecule has 1 N–H and O–H groups in total. The van der Waals surface area contributed by atoms with E-state index in [2.05, 4.69) is 49.6 Å². The first-order valence-corrected chi connectivity index (χ1v) is 6.20. The van der Waals surface area contributed by atoms with Crippen molar-refractivity contribution in [2.24, 2.45) is 18.9 Å². The fraction of sp³-hybridized carbons (Fsp3) is 0.769. The number of nitrogens with zero attached hydrogens (tertiary/aromatic N) is 2. The summed E-state index contributed by atoms with van der Waals surface area (Å²) in [6.45, 7) is 10.1. The number of nitrogens with one attached hydrogen (secondary N) is 1. The standard InChI is InChI=1S/C13H25N3/c1-10(2)15-9-12(4)11(3)8-13-14-6-7-16(13)5/h6-7,10-12,15H,8-9H2,1-5H3. The van der Waals surface area contributed by atoms with E-state index in [0.717, 1.165) is 13.0 Å². The molecule has 0 aliphatic rings. The molecule has 0 saturated carbocycles. The third-order valence-corrected chi connectivity index (χ3v) is 3.24. The highest BCUT2D eigenvalue weighted by atomic mass is 15.0. The third-order valence-electron chi connectivity index (χ3n) is 3.24. The van der Waals surface area contributed by atoms with E-state index >= 15 is 0 Å². The molecule has 92 valence electrons. The molecule has 0 aromatic carbocycles. The van der Waals surface area contributed by atoms with Crippen molar-refractivity contribution in [1.82, 2.24) is 14.9 Å². The van der Waals surface area contributed by atoms with Crippen LogP contribution in [0.15, 0.2) is 12.4 Å². The molecule has 3 heteroatoms. The Kier molecular flexibility index (Phi) is 5.00. The SMILES string of the molecule is CC(C)NCC(C)C(C)Cc1nccn1C. The minimum absolute atomic E-state index is 0.572. The molecule has 1 heterocycles. The predicted molar refractivity (Wildman–Crippen MR) is 68.4 cm³/mol. The maximum absolute atomic E-state index is 4.38. The number of aromatic nitrogens is 2. The van der Waals surface area contributed by atoms with Gasteiger partial charge in [0, 0.05) is 31.9 Å². The number of imidazole rings is 1. The lowest BCUT2D eigenvalue weighted by atomic mass is 9.92. The maximum atomic E-state index is 4.38. The van der Waals surface area contributed by atoms with Crippen LogP contribution < -0.4 is 5.32 Å². The Labute approximate surface area is 99.3 Å². The summed E-state index contributed by atoms with van der Waals surface area (Å²) < 4.78 is 2.11. The second-order valence-electron chi connectivity index (χ2n) is 5.18. The van der Waals surface area contributed by atoms with Gasteiger partial charge >= 0.3 is 0 Å². The molecule has 0 bridgehead atoms. The summed E-state index contributed by atoms with van der Waals surface area (Å²) in [6.07, 6.45) is 4.95. The first-order valence-electron chi connectivity index (χ1n) is 6.20. The zero-order valence-electron chi connectivity index (χ0n) is 11.2. The summed E-state index contributed by atoms with van der Waals surface area (Å²) >= 11 is 0. The van der Waals surface area contributed by atoms with Gasteiger partial charge in [-0.1, -0.05) is 27.7 Å². The van der Waals surface area contributed by atoms with Crippen LogP contribution in [0.5, 0.6) is 0 Å². The van der Waals surface area contributed by atoms with E-state index in [1.165, 1.54) is 5.82 Å². The van der Waals surface area contributed by atoms with Crippen LogP contribution in [-0.2, 0) is 13.5 Å². The molecule has 1 aromatic rings. The molecule has 0 aliphatic carbocycles. The smallest absolute Gasteiger partial charge is 0.108 e. The fourth-order valence-corrected chi connectivity index (χ4v) is 1.71. The van der Waals surface area contributed by atoms with Crippen molar-refractivity contribution in [3.8, 4) is 0 Å². The van der Waals surface area contributed by atoms with Crippen LogP contribution in [0.3, 0.4) is 0 Å². The van der Waals surface area contributed by atoms with Gasteiger partial charge in [-0.2, -0.15) is 0 Å². The summed E-state index contributed by atoms with van der Waals surface area (Å²) in [5.74, 6) is 2.52. The van der Waals surface area contributed by atoms with Gasteiger partial charge in [0.05, 0.1) is 0 Å². The van der Waals surface area contributed by atoms with Gasteiger partial charge in [0.2, 0.25) is 0 Å². The molecule has 2 atom stereocenters. The second-order valence-corrected chi connectivity index (χ2v) is 5.18. The molecular weight excluding hydrogens is 198 g/mol. The zero-order valence-corrected chi connectivity index (χ0v) is 11.2. The van der Waals surface area contributed by atoms with Gasteiger partial charge < -0.3 is 9.88 Å². The average molecular weight is 223 g/mol. The molecule has 0 radical (unpaired) electrons. The van der Waals surface area contributed by atoms with Crippen LogP contribution in [0.1, 0.15) is 33.5 Å². The zero-order chi connectivity index (χ0) is 12.1. The van der Waals surface area contributed by atoms with Crippen molar-refractivity contribution in [1.29, 1.82) is 0 Å². The summed E-state index contributed by atoms with van der Waals surface area (Å²) in [5, 5.41) is 3.49. The summed E-state index contributed by atoms with van der Waals surface area (Å²) in [5.41, 5.74) is 0. The van der Waals surface area contributed by atoms with Crippen LogP contribution in [-0.4, -0.2) is 22.1 Å². The molecule has 1 rings (SSSR count). The van der Waals surface area contributed by atoms with E-state index in [1.54, 1.807) is 0 Å². The summed E-state index contributed by atoms with van der Waals surface area (Å²) in [7, 11) is 2.06. The Bertz CT molecular complexity index is 304. The van der Waals surface area contributed by atoms with Crippen LogP contribution in [0, 0.1) is 11.8 Å². The molecule has 1 aromatic heterocycles. The fourth-order valence-electron chi connectivity index (χ4n) is 1.71. The number of rotatable bonds is 6. The van der Waals surface area contributed by atoms with Gasteiger partial charge in [0.25, 0.3) is 0 Å². The highest BCUT2D eigenvalue weighted by Gasteiger charge is 2.14. The van der Waals surface area contributed by atoms with E-state index in [0.29, 0.717) is 17.9 Å². The Morgan fingerprint density at radius 2 is 1.94 bits per heavy atom. The van der Waals surface area contributed by atoms with E-state index in [1.807, 2.05) is 12.4 Å². The largest absolute Gasteiger partial charge is 0.338 e. The van der Waals surface area contributed by atoms with Gasteiger partial charge in [-0.15, -0.1) is 0 Å². The van der Waals surface area contributed by atoms with Crippen LogP contribution in [0.4, 0.5) is 0 Å². The van der Waals surface area contributed by atoms with Gasteiger partial charge in [0.1, 0.15) is 5.82 Å². The van der Waals surface area contributed by atoms with Crippen LogP contribution >= 0.6 is 0 Å².